The summed E-state index contributed by atoms with van der Waals surface area (Å²) in [7, 11) is 0. The van der Waals surface area contributed by atoms with Gasteiger partial charge in [-0.1, -0.05) is 217 Å². The number of carbonyl (C=O) groups is 1. The molecule has 1 fully saturated rings. The highest BCUT2D eigenvalue weighted by atomic mass is 16.7. The summed E-state index contributed by atoms with van der Waals surface area (Å²) in [6.45, 7) is 3.56. The second-order valence-electron chi connectivity index (χ2n) is 19.1. The Morgan fingerprint density at radius 3 is 1.35 bits per heavy atom. The van der Waals surface area contributed by atoms with Gasteiger partial charge < -0.3 is 45.4 Å². The van der Waals surface area contributed by atoms with Crippen LogP contribution >= 0.6 is 0 Å². The minimum Gasteiger partial charge on any atom is -0.394 e. The van der Waals surface area contributed by atoms with Crippen LogP contribution in [0, 0.1) is 0 Å². The van der Waals surface area contributed by atoms with Crippen molar-refractivity contribution >= 4 is 5.91 Å². The molecule has 1 aliphatic rings. The number of allylic oxidation sites excluding steroid dienone is 7. The van der Waals surface area contributed by atoms with E-state index in [4.69, 9.17) is 9.47 Å². The first-order chi connectivity index (χ1) is 32.3. The molecule has 10 heteroatoms. The number of rotatable bonds is 46. The second kappa shape index (κ2) is 45.5. The van der Waals surface area contributed by atoms with Crippen LogP contribution in [-0.2, 0) is 14.3 Å². The van der Waals surface area contributed by atoms with Crippen molar-refractivity contribution in [2.24, 2.45) is 0 Å². The molecule has 10 nitrogen and oxygen atoms in total. The number of unbranched alkanes of at least 4 members (excludes halogenated alkanes) is 29. The van der Waals surface area contributed by atoms with Gasteiger partial charge in [-0.2, -0.15) is 0 Å². The summed E-state index contributed by atoms with van der Waals surface area (Å²) in [5.41, 5.74) is 0. The van der Waals surface area contributed by atoms with Crippen molar-refractivity contribution in [3.8, 4) is 0 Å². The zero-order chi connectivity index (χ0) is 48.1. The van der Waals surface area contributed by atoms with Gasteiger partial charge in [0.15, 0.2) is 6.29 Å². The molecule has 8 unspecified atom stereocenters. The zero-order valence-corrected chi connectivity index (χ0v) is 42.3. The topological polar surface area (TPSA) is 169 Å². The molecule has 0 radical (unpaired) electrons. The molecule has 386 valence electrons. The Morgan fingerprint density at radius 1 is 0.515 bits per heavy atom. The molecular weight excluding hydrogens is 831 g/mol. The third kappa shape index (κ3) is 34.4. The maximum absolute atomic E-state index is 13.1. The summed E-state index contributed by atoms with van der Waals surface area (Å²) in [6.07, 6.45) is 49.4. The lowest BCUT2D eigenvalue weighted by molar-refractivity contribution is -0.302. The van der Waals surface area contributed by atoms with Crippen LogP contribution in [0.25, 0.3) is 0 Å². The Balaban J connectivity index is 2.24. The highest BCUT2D eigenvalue weighted by Gasteiger charge is 2.44. The van der Waals surface area contributed by atoms with Gasteiger partial charge in [0.1, 0.15) is 30.5 Å². The molecule has 0 spiro atoms. The number of nitrogens with one attached hydrogen (secondary N) is 1. The van der Waals surface area contributed by atoms with Crippen molar-refractivity contribution in [2.75, 3.05) is 13.2 Å². The van der Waals surface area contributed by atoms with Crippen LogP contribution in [-0.4, -0.2) is 98.7 Å². The third-order valence-corrected chi connectivity index (χ3v) is 13.0. The number of hydrogen-bond acceptors (Lipinski definition) is 9. The summed E-state index contributed by atoms with van der Waals surface area (Å²) < 4.78 is 11.1. The van der Waals surface area contributed by atoms with Gasteiger partial charge in [-0.05, 0) is 70.6 Å². The number of carbonyl (C=O) groups excluding carboxylic acids is 1. The van der Waals surface area contributed by atoms with Crippen LogP contribution in [0.4, 0.5) is 0 Å². The number of ether oxygens (including phenoxy) is 2. The first-order valence-corrected chi connectivity index (χ1v) is 27.5. The normalized spacial score (nSPS) is 20.6. The molecule has 0 saturated carbocycles. The average molecular weight is 934 g/mol. The van der Waals surface area contributed by atoms with E-state index < -0.39 is 61.5 Å². The Bertz CT molecular complexity index is 1190. The highest BCUT2D eigenvalue weighted by Crippen LogP contribution is 2.23. The van der Waals surface area contributed by atoms with E-state index in [-0.39, 0.29) is 6.61 Å². The summed E-state index contributed by atoms with van der Waals surface area (Å²) >= 11 is 0. The molecule has 0 aromatic heterocycles. The van der Waals surface area contributed by atoms with Crippen molar-refractivity contribution in [1.29, 1.82) is 0 Å². The summed E-state index contributed by atoms with van der Waals surface area (Å²) in [6, 6.07) is -1.00. The van der Waals surface area contributed by atoms with Gasteiger partial charge in [0, 0.05) is 0 Å². The molecule has 8 atom stereocenters. The molecule has 0 aromatic rings. The highest BCUT2D eigenvalue weighted by molar-refractivity contribution is 5.80. The predicted octanol–water partition coefficient (Wildman–Crippen LogP) is 11.9. The fourth-order valence-electron chi connectivity index (χ4n) is 8.48. The minimum absolute atomic E-state index is 0.300. The standard InChI is InChI=1S/C56H103NO9/c1-3-5-7-9-11-13-15-17-18-19-20-21-22-23-24-25-26-27-28-29-30-31-33-35-37-39-41-43-45-50(60)55(64)57-48(47-65-56-54(63)53(62)52(61)51(46-58)66-56)49(59)44-42-40-38-36-34-32-16-14-12-10-8-6-4-2/h12,14,23-24,34,36,42,44,48-54,56,58-63H,3-11,13,15-22,25-33,35,37-41,43,45-47H2,1-2H3,(H,57,64)/b14-12+,24-23-,36-34+,44-42+. The molecule has 0 aromatic carbocycles. The van der Waals surface area contributed by atoms with E-state index in [2.05, 4.69) is 55.6 Å². The Kier molecular flexibility index (Phi) is 42.9. The molecule has 1 aliphatic heterocycles. The first-order valence-electron chi connectivity index (χ1n) is 27.5. The van der Waals surface area contributed by atoms with Gasteiger partial charge in [0.25, 0.3) is 0 Å². The maximum Gasteiger partial charge on any atom is 0.249 e. The molecular formula is C56H103NO9. The lowest BCUT2D eigenvalue weighted by atomic mass is 9.99. The van der Waals surface area contributed by atoms with Gasteiger partial charge in [0.2, 0.25) is 5.91 Å². The quantitative estimate of drug-likeness (QED) is 0.0232. The number of aliphatic hydroxyl groups is 6. The summed E-state index contributed by atoms with van der Waals surface area (Å²) in [4.78, 5) is 13.1. The van der Waals surface area contributed by atoms with Gasteiger partial charge in [0.05, 0.1) is 25.4 Å². The van der Waals surface area contributed by atoms with E-state index in [1.807, 2.05) is 6.08 Å². The number of amides is 1. The number of hydrogen-bond donors (Lipinski definition) is 7. The zero-order valence-electron chi connectivity index (χ0n) is 42.3. The molecule has 0 bridgehead atoms. The number of aliphatic hydroxyl groups excluding tert-OH is 6. The van der Waals surface area contributed by atoms with Crippen molar-refractivity contribution in [1.82, 2.24) is 5.32 Å². The smallest absolute Gasteiger partial charge is 0.249 e. The summed E-state index contributed by atoms with van der Waals surface area (Å²) in [5.74, 6) is -0.631. The van der Waals surface area contributed by atoms with Crippen LogP contribution < -0.4 is 5.32 Å². The summed E-state index contributed by atoms with van der Waals surface area (Å²) in [5, 5.41) is 64.8. The fraction of sp³-hybridized carbons (Fsp3) is 0.839. The molecule has 1 heterocycles. The third-order valence-electron chi connectivity index (χ3n) is 13.0. The molecule has 1 saturated heterocycles. The van der Waals surface area contributed by atoms with Crippen LogP contribution in [0.1, 0.15) is 239 Å². The Hall–Kier alpha value is -1.89. The van der Waals surface area contributed by atoms with Crippen LogP contribution in [0.2, 0.25) is 0 Å². The molecule has 66 heavy (non-hydrogen) atoms. The molecule has 1 rings (SSSR count). The molecule has 0 aliphatic carbocycles. The van der Waals surface area contributed by atoms with E-state index in [0.29, 0.717) is 19.3 Å². The van der Waals surface area contributed by atoms with Crippen LogP contribution in [0.3, 0.4) is 0 Å². The first kappa shape index (κ1) is 62.1. The van der Waals surface area contributed by atoms with Gasteiger partial charge in [-0.25, -0.2) is 0 Å². The minimum atomic E-state index is -1.62. The van der Waals surface area contributed by atoms with Gasteiger partial charge in [-0.15, -0.1) is 0 Å². The van der Waals surface area contributed by atoms with Crippen molar-refractivity contribution in [3.63, 3.8) is 0 Å². The van der Waals surface area contributed by atoms with E-state index in [0.717, 1.165) is 44.9 Å². The van der Waals surface area contributed by atoms with E-state index >= 15 is 0 Å². The van der Waals surface area contributed by atoms with Crippen molar-refractivity contribution < 1.29 is 44.9 Å². The molecule has 1 amide bonds. The lowest BCUT2D eigenvalue weighted by Crippen LogP contribution is -2.60. The van der Waals surface area contributed by atoms with E-state index in [1.165, 1.54) is 161 Å². The predicted molar refractivity (Wildman–Crippen MR) is 273 cm³/mol. The van der Waals surface area contributed by atoms with Gasteiger partial charge >= 0.3 is 0 Å². The Labute approximate surface area is 404 Å². The van der Waals surface area contributed by atoms with Crippen LogP contribution in [0.5, 0.6) is 0 Å². The monoisotopic (exact) mass is 934 g/mol. The SMILES string of the molecule is CCCCC/C=C/CC/C=C/CC/C=C/C(O)C(COC1OC(CO)C(O)C(O)C1O)NC(=O)C(O)CCCCCCCCCCCCCC/C=C\CCCCCCCCCCCCCC. The average Bonchev–Trinajstić information content (AvgIpc) is 3.32. The van der Waals surface area contributed by atoms with Crippen LogP contribution in [0.15, 0.2) is 48.6 Å². The van der Waals surface area contributed by atoms with Gasteiger partial charge in [-0.3, -0.25) is 4.79 Å². The van der Waals surface area contributed by atoms with E-state index in [9.17, 15) is 35.4 Å². The maximum atomic E-state index is 13.1. The fourth-order valence-corrected chi connectivity index (χ4v) is 8.48. The lowest BCUT2D eigenvalue weighted by Gasteiger charge is -2.40. The van der Waals surface area contributed by atoms with Crippen molar-refractivity contribution in [2.45, 2.75) is 288 Å². The largest absolute Gasteiger partial charge is 0.394 e. The van der Waals surface area contributed by atoms with Crippen molar-refractivity contribution in [3.05, 3.63) is 48.6 Å². The second-order valence-corrected chi connectivity index (χ2v) is 19.1. The Morgan fingerprint density at radius 2 is 0.894 bits per heavy atom. The van der Waals surface area contributed by atoms with E-state index in [1.54, 1.807) is 6.08 Å². The molecule has 7 N–H and O–H groups in total.